The topological polar surface area (TPSA) is 40.5 Å². The Bertz CT molecular complexity index is 317. The summed E-state index contributed by atoms with van der Waals surface area (Å²) in [5, 5.41) is 19.4. The molecular weight excluding hydrogens is 200 g/mol. The molecule has 90 valence electrons. The van der Waals surface area contributed by atoms with Crippen LogP contribution in [0, 0.1) is 17.3 Å². The molecule has 2 aliphatic carbocycles. The van der Waals surface area contributed by atoms with Gasteiger partial charge in [0.2, 0.25) is 0 Å². The SMILES string of the molecule is C=C1C[C@@H](O)[C@H](O)/C=C\C[C@@H]2[C@@H]1CC2(C)C. The van der Waals surface area contributed by atoms with Gasteiger partial charge in [-0.05, 0) is 36.5 Å². The summed E-state index contributed by atoms with van der Waals surface area (Å²) in [6.45, 7) is 8.68. The van der Waals surface area contributed by atoms with Crippen molar-refractivity contribution in [2.75, 3.05) is 0 Å². The summed E-state index contributed by atoms with van der Waals surface area (Å²) in [4.78, 5) is 0. The normalized spacial score (nSPS) is 44.6. The lowest BCUT2D eigenvalue weighted by molar-refractivity contribution is 0.00443. The van der Waals surface area contributed by atoms with Crippen molar-refractivity contribution in [2.24, 2.45) is 17.3 Å². The minimum Gasteiger partial charge on any atom is -0.390 e. The molecule has 0 heterocycles. The van der Waals surface area contributed by atoms with Gasteiger partial charge in [0.15, 0.2) is 0 Å². The molecule has 0 aliphatic heterocycles. The molecule has 0 aromatic heterocycles. The lowest BCUT2D eigenvalue weighted by Gasteiger charge is -2.52. The average Bonchev–Trinajstić information content (AvgIpc) is 2.23. The van der Waals surface area contributed by atoms with Crippen LogP contribution >= 0.6 is 0 Å². The third kappa shape index (κ3) is 1.96. The van der Waals surface area contributed by atoms with E-state index in [9.17, 15) is 10.2 Å². The summed E-state index contributed by atoms with van der Waals surface area (Å²) in [5.41, 5.74) is 1.48. The second kappa shape index (κ2) is 4.01. The van der Waals surface area contributed by atoms with E-state index in [-0.39, 0.29) is 0 Å². The Kier molecular flexibility index (Phi) is 2.97. The molecular formula is C14H22O2. The van der Waals surface area contributed by atoms with Crippen molar-refractivity contribution in [1.29, 1.82) is 0 Å². The van der Waals surface area contributed by atoms with Gasteiger partial charge in [-0.2, -0.15) is 0 Å². The Morgan fingerprint density at radius 1 is 1.38 bits per heavy atom. The van der Waals surface area contributed by atoms with E-state index in [0.29, 0.717) is 23.7 Å². The first kappa shape index (κ1) is 11.9. The van der Waals surface area contributed by atoms with Crippen molar-refractivity contribution in [1.82, 2.24) is 0 Å². The second-order valence-corrected chi connectivity index (χ2v) is 5.99. The van der Waals surface area contributed by atoms with Gasteiger partial charge >= 0.3 is 0 Å². The predicted molar refractivity (Wildman–Crippen MR) is 64.9 cm³/mol. The maximum absolute atomic E-state index is 9.77. The summed E-state index contributed by atoms with van der Waals surface area (Å²) in [5.74, 6) is 1.15. The smallest absolute Gasteiger partial charge is 0.0983 e. The summed E-state index contributed by atoms with van der Waals surface area (Å²) in [6.07, 6.45) is 5.00. The van der Waals surface area contributed by atoms with Crippen LogP contribution in [-0.2, 0) is 0 Å². The Morgan fingerprint density at radius 3 is 2.69 bits per heavy atom. The molecule has 0 aromatic carbocycles. The molecule has 16 heavy (non-hydrogen) atoms. The van der Waals surface area contributed by atoms with Gasteiger partial charge in [-0.25, -0.2) is 0 Å². The van der Waals surface area contributed by atoms with Gasteiger partial charge in [-0.1, -0.05) is 38.2 Å². The van der Waals surface area contributed by atoms with Crippen LogP contribution in [0.25, 0.3) is 0 Å². The zero-order valence-electron chi connectivity index (χ0n) is 10.2. The van der Waals surface area contributed by atoms with E-state index < -0.39 is 12.2 Å². The number of hydrogen-bond donors (Lipinski definition) is 2. The minimum absolute atomic E-state index is 0.373. The zero-order valence-corrected chi connectivity index (χ0v) is 10.2. The maximum Gasteiger partial charge on any atom is 0.0983 e. The van der Waals surface area contributed by atoms with Gasteiger partial charge in [-0.15, -0.1) is 0 Å². The standard InChI is InChI=1S/C14H22O2/c1-9-7-13(16)12(15)6-4-5-11-10(9)8-14(11,2)3/h4,6,10-13,15-16H,1,5,7-8H2,2-3H3/b6-4-/t10-,11-,12-,13-/m1/s1. The third-order valence-corrected chi connectivity index (χ3v) is 4.35. The minimum atomic E-state index is -0.739. The molecule has 0 aromatic rings. The molecule has 0 bridgehead atoms. The molecule has 2 nitrogen and oxygen atoms in total. The third-order valence-electron chi connectivity index (χ3n) is 4.35. The highest BCUT2D eigenvalue weighted by Crippen LogP contribution is 2.56. The van der Waals surface area contributed by atoms with Crippen molar-refractivity contribution in [2.45, 2.75) is 45.3 Å². The Morgan fingerprint density at radius 2 is 2.06 bits per heavy atom. The first-order chi connectivity index (χ1) is 7.42. The van der Waals surface area contributed by atoms with Crippen molar-refractivity contribution in [3.8, 4) is 0 Å². The number of hydrogen-bond acceptors (Lipinski definition) is 2. The van der Waals surface area contributed by atoms with Crippen molar-refractivity contribution in [3.05, 3.63) is 24.3 Å². The Labute approximate surface area is 97.7 Å². The summed E-state index contributed by atoms with van der Waals surface area (Å²) in [7, 11) is 0. The van der Waals surface area contributed by atoms with Crippen molar-refractivity contribution in [3.63, 3.8) is 0 Å². The molecule has 0 saturated heterocycles. The van der Waals surface area contributed by atoms with E-state index >= 15 is 0 Å². The fraction of sp³-hybridized carbons (Fsp3) is 0.714. The van der Waals surface area contributed by atoms with Crippen LogP contribution in [0.5, 0.6) is 0 Å². The van der Waals surface area contributed by atoms with Gasteiger partial charge in [0, 0.05) is 0 Å². The molecule has 1 fully saturated rings. The van der Waals surface area contributed by atoms with Crippen LogP contribution in [0.2, 0.25) is 0 Å². The maximum atomic E-state index is 9.77. The Balaban J connectivity index is 2.16. The number of rotatable bonds is 0. The lowest BCUT2D eigenvalue weighted by Crippen LogP contribution is -2.44. The van der Waals surface area contributed by atoms with Crippen LogP contribution in [0.1, 0.15) is 33.1 Å². The van der Waals surface area contributed by atoms with Gasteiger partial charge < -0.3 is 10.2 Å². The van der Waals surface area contributed by atoms with Crippen molar-refractivity contribution >= 4 is 0 Å². The van der Waals surface area contributed by atoms with Crippen molar-refractivity contribution < 1.29 is 10.2 Å². The highest BCUT2D eigenvalue weighted by Gasteiger charge is 2.47. The van der Waals surface area contributed by atoms with Gasteiger partial charge in [0.1, 0.15) is 0 Å². The van der Waals surface area contributed by atoms with Crippen LogP contribution in [-0.4, -0.2) is 22.4 Å². The number of fused-ring (bicyclic) bond motifs is 1. The summed E-state index contributed by atoms with van der Waals surface area (Å²) < 4.78 is 0. The largest absolute Gasteiger partial charge is 0.390 e. The fourth-order valence-corrected chi connectivity index (χ4v) is 3.19. The molecule has 2 rings (SSSR count). The number of aliphatic hydroxyl groups is 2. The molecule has 2 heteroatoms. The van der Waals surface area contributed by atoms with Gasteiger partial charge in [-0.3, -0.25) is 0 Å². The second-order valence-electron chi connectivity index (χ2n) is 5.99. The molecule has 0 radical (unpaired) electrons. The average molecular weight is 222 g/mol. The molecule has 0 spiro atoms. The van der Waals surface area contributed by atoms with E-state index in [1.807, 2.05) is 6.08 Å². The first-order valence-electron chi connectivity index (χ1n) is 6.12. The van der Waals surface area contributed by atoms with E-state index in [0.717, 1.165) is 18.4 Å². The van der Waals surface area contributed by atoms with Crippen LogP contribution in [0.15, 0.2) is 24.3 Å². The number of allylic oxidation sites excluding steroid dienone is 1. The van der Waals surface area contributed by atoms with Crippen LogP contribution < -0.4 is 0 Å². The highest BCUT2D eigenvalue weighted by atomic mass is 16.3. The van der Waals surface area contributed by atoms with Crippen LogP contribution in [0.4, 0.5) is 0 Å². The van der Waals surface area contributed by atoms with E-state index in [1.165, 1.54) is 0 Å². The fourth-order valence-electron chi connectivity index (χ4n) is 3.19. The molecule has 4 atom stereocenters. The molecule has 0 unspecified atom stereocenters. The van der Waals surface area contributed by atoms with Gasteiger partial charge in [0.05, 0.1) is 12.2 Å². The zero-order chi connectivity index (χ0) is 11.9. The summed E-state index contributed by atoms with van der Waals surface area (Å²) >= 11 is 0. The highest BCUT2D eigenvalue weighted by molar-refractivity contribution is 5.17. The molecule has 2 N–H and O–H groups in total. The Hall–Kier alpha value is -0.600. The van der Waals surface area contributed by atoms with E-state index in [1.54, 1.807) is 6.08 Å². The van der Waals surface area contributed by atoms with Crippen LogP contribution in [0.3, 0.4) is 0 Å². The molecule has 1 saturated carbocycles. The van der Waals surface area contributed by atoms with E-state index in [2.05, 4.69) is 20.4 Å². The quantitative estimate of drug-likeness (QED) is 0.617. The monoisotopic (exact) mass is 222 g/mol. The first-order valence-corrected chi connectivity index (χ1v) is 6.12. The van der Waals surface area contributed by atoms with Gasteiger partial charge in [0.25, 0.3) is 0 Å². The lowest BCUT2D eigenvalue weighted by atomic mass is 9.52. The van der Waals surface area contributed by atoms with E-state index in [4.69, 9.17) is 0 Å². The molecule has 2 aliphatic rings. The predicted octanol–water partition coefficient (Wildman–Crippen LogP) is 2.28. The molecule has 0 amide bonds. The summed E-state index contributed by atoms with van der Waals surface area (Å²) in [6, 6.07) is 0. The number of aliphatic hydroxyl groups excluding tert-OH is 2.